The summed E-state index contributed by atoms with van der Waals surface area (Å²) in [5.41, 5.74) is 4.41. The summed E-state index contributed by atoms with van der Waals surface area (Å²) in [6.45, 7) is -0.148. The van der Waals surface area contributed by atoms with Gasteiger partial charge in [-0.05, 0) is 53.9 Å². The third-order valence-corrected chi connectivity index (χ3v) is 5.56. The van der Waals surface area contributed by atoms with E-state index < -0.39 is 0 Å². The van der Waals surface area contributed by atoms with Crippen LogP contribution in [0.25, 0.3) is 22.0 Å². The zero-order valence-electron chi connectivity index (χ0n) is 18.1. The van der Waals surface area contributed by atoms with Crippen LogP contribution >= 0.6 is 0 Å². The molecule has 0 saturated heterocycles. The van der Waals surface area contributed by atoms with Crippen molar-refractivity contribution in [1.29, 1.82) is 0 Å². The number of aliphatic hydroxyl groups excluding tert-OH is 1. The van der Waals surface area contributed by atoms with E-state index in [1.165, 1.54) is 0 Å². The monoisotopic (exact) mass is 430 g/mol. The van der Waals surface area contributed by atoms with Crippen LogP contribution in [0.5, 0.6) is 11.5 Å². The van der Waals surface area contributed by atoms with Gasteiger partial charge in [-0.25, -0.2) is 0 Å². The van der Waals surface area contributed by atoms with E-state index in [2.05, 4.69) is 10.3 Å². The molecule has 0 aliphatic heterocycles. The Morgan fingerprint density at radius 2 is 1.81 bits per heavy atom. The fraction of sp³-hybridized carbons (Fsp3) is 0.192. The maximum absolute atomic E-state index is 12.8. The lowest BCUT2D eigenvalue weighted by atomic mass is 10.0. The number of benzene rings is 3. The molecule has 0 bridgehead atoms. The summed E-state index contributed by atoms with van der Waals surface area (Å²) < 4.78 is 10.8. The number of para-hydroxylation sites is 1. The average Bonchev–Trinajstić information content (AvgIpc) is 3.26. The fourth-order valence-corrected chi connectivity index (χ4v) is 3.84. The van der Waals surface area contributed by atoms with Gasteiger partial charge in [0, 0.05) is 28.2 Å². The molecule has 6 heteroatoms. The molecule has 3 aromatic carbocycles. The van der Waals surface area contributed by atoms with E-state index in [0.29, 0.717) is 12.0 Å². The van der Waals surface area contributed by atoms with Crippen LogP contribution in [0.3, 0.4) is 0 Å². The maximum atomic E-state index is 12.8. The van der Waals surface area contributed by atoms with Crippen molar-refractivity contribution in [1.82, 2.24) is 10.3 Å². The summed E-state index contributed by atoms with van der Waals surface area (Å²) in [6, 6.07) is 20.5. The van der Waals surface area contributed by atoms with Crippen molar-refractivity contribution in [2.24, 2.45) is 0 Å². The molecule has 0 spiro atoms. The maximum Gasteiger partial charge on any atom is 0.251 e. The summed E-state index contributed by atoms with van der Waals surface area (Å²) in [4.78, 5) is 16.0. The highest BCUT2D eigenvalue weighted by molar-refractivity contribution is 5.95. The Hall–Kier alpha value is -3.77. The number of fused-ring (bicyclic) bond motifs is 1. The van der Waals surface area contributed by atoms with Crippen LogP contribution in [0.2, 0.25) is 0 Å². The third kappa shape index (κ3) is 4.45. The SMILES string of the molecule is COc1ccc(OC)c(-c2ccc(C(=O)NC(CO)Cc3c[nH]c4ccccc34)cc2)c1. The van der Waals surface area contributed by atoms with Gasteiger partial charge in [-0.15, -0.1) is 0 Å². The molecule has 1 unspecified atom stereocenters. The summed E-state index contributed by atoms with van der Waals surface area (Å²) in [5, 5.41) is 13.9. The van der Waals surface area contributed by atoms with Crippen LogP contribution in [-0.4, -0.2) is 42.9 Å². The van der Waals surface area contributed by atoms with Gasteiger partial charge in [0.25, 0.3) is 5.91 Å². The fourth-order valence-electron chi connectivity index (χ4n) is 3.84. The molecule has 6 nitrogen and oxygen atoms in total. The topological polar surface area (TPSA) is 83.6 Å². The lowest BCUT2D eigenvalue weighted by Gasteiger charge is -2.16. The highest BCUT2D eigenvalue weighted by Crippen LogP contribution is 2.33. The number of H-pyrrole nitrogens is 1. The summed E-state index contributed by atoms with van der Waals surface area (Å²) >= 11 is 0. The first-order chi connectivity index (χ1) is 15.6. The number of aromatic nitrogens is 1. The van der Waals surface area contributed by atoms with Gasteiger partial charge < -0.3 is 24.9 Å². The van der Waals surface area contributed by atoms with Gasteiger partial charge in [0.2, 0.25) is 0 Å². The molecule has 4 aromatic rings. The molecular weight excluding hydrogens is 404 g/mol. The molecule has 1 aromatic heterocycles. The van der Waals surface area contributed by atoms with Gasteiger partial charge in [-0.3, -0.25) is 4.79 Å². The molecule has 0 aliphatic carbocycles. The number of rotatable bonds is 8. The number of hydrogen-bond donors (Lipinski definition) is 3. The lowest BCUT2D eigenvalue weighted by molar-refractivity contribution is 0.0916. The molecule has 0 radical (unpaired) electrons. The normalized spacial score (nSPS) is 11.8. The molecule has 164 valence electrons. The molecule has 32 heavy (non-hydrogen) atoms. The molecule has 4 rings (SSSR count). The highest BCUT2D eigenvalue weighted by atomic mass is 16.5. The Balaban J connectivity index is 1.49. The largest absolute Gasteiger partial charge is 0.497 e. The average molecular weight is 431 g/mol. The van der Waals surface area contributed by atoms with Crippen LogP contribution in [0.1, 0.15) is 15.9 Å². The second-order valence-electron chi connectivity index (χ2n) is 7.56. The van der Waals surface area contributed by atoms with Gasteiger partial charge in [0.15, 0.2) is 0 Å². The molecule has 3 N–H and O–H groups in total. The van der Waals surface area contributed by atoms with Gasteiger partial charge >= 0.3 is 0 Å². The summed E-state index contributed by atoms with van der Waals surface area (Å²) in [5.74, 6) is 1.22. The Morgan fingerprint density at radius 1 is 1.03 bits per heavy atom. The van der Waals surface area contributed by atoms with E-state index in [1.54, 1.807) is 26.4 Å². The van der Waals surface area contributed by atoms with Crippen molar-refractivity contribution in [2.45, 2.75) is 12.5 Å². The molecular formula is C26H26N2O4. The number of carbonyl (C=O) groups excluding carboxylic acids is 1. The summed E-state index contributed by atoms with van der Waals surface area (Å²) in [6.07, 6.45) is 2.46. The number of hydrogen-bond acceptors (Lipinski definition) is 4. The zero-order valence-corrected chi connectivity index (χ0v) is 18.1. The number of carbonyl (C=O) groups is 1. The number of nitrogens with one attached hydrogen (secondary N) is 2. The molecule has 0 aliphatic rings. The van der Waals surface area contributed by atoms with E-state index in [9.17, 15) is 9.90 Å². The van der Waals surface area contributed by atoms with Crippen molar-refractivity contribution >= 4 is 16.8 Å². The number of methoxy groups -OCH3 is 2. The first kappa shape index (κ1) is 21.5. The van der Waals surface area contributed by atoms with Crippen LogP contribution in [-0.2, 0) is 6.42 Å². The molecule has 1 amide bonds. The van der Waals surface area contributed by atoms with Crippen LogP contribution in [0.4, 0.5) is 0 Å². The standard InChI is InChI=1S/C26H26N2O4/c1-31-21-11-12-25(32-2)23(14-21)17-7-9-18(10-8-17)26(30)28-20(16-29)13-19-15-27-24-6-4-3-5-22(19)24/h3-12,14-15,20,27,29H,13,16H2,1-2H3,(H,28,30). The molecule has 0 fully saturated rings. The third-order valence-electron chi connectivity index (χ3n) is 5.56. The van der Waals surface area contributed by atoms with E-state index in [0.717, 1.165) is 39.1 Å². The number of amides is 1. The van der Waals surface area contributed by atoms with Crippen LogP contribution in [0.15, 0.2) is 72.9 Å². The zero-order chi connectivity index (χ0) is 22.5. The van der Waals surface area contributed by atoms with E-state index in [-0.39, 0.29) is 18.6 Å². The Morgan fingerprint density at radius 3 is 2.53 bits per heavy atom. The van der Waals surface area contributed by atoms with E-state index in [4.69, 9.17) is 9.47 Å². The van der Waals surface area contributed by atoms with Gasteiger partial charge in [-0.1, -0.05) is 30.3 Å². The number of aliphatic hydroxyl groups is 1. The van der Waals surface area contributed by atoms with Gasteiger partial charge in [0.05, 0.1) is 26.9 Å². The van der Waals surface area contributed by atoms with Crippen LogP contribution in [0, 0.1) is 0 Å². The van der Waals surface area contributed by atoms with E-state index in [1.807, 2.05) is 60.8 Å². The summed E-state index contributed by atoms with van der Waals surface area (Å²) in [7, 11) is 3.24. The quantitative estimate of drug-likeness (QED) is 0.392. The Bertz CT molecular complexity index is 1210. The first-order valence-electron chi connectivity index (χ1n) is 10.4. The lowest BCUT2D eigenvalue weighted by Crippen LogP contribution is -2.39. The smallest absolute Gasteiger partial charge is 0.251 e. The van der Waals surface area contributed by atoms with Crippen molar-refractivity contribution in [3.8, 4) is 22.6 Å². The van der Waals surface area contributed by atoms with Crippen molar-refractivity contribution in [3.63, 3.8) is 0 Å². The molecule has 1 atom stereocenters. The van der Waals surface area contributed by atoms with Gasteiger partial charge in [0.1, 0.15) is 11.5 Å². The highest BCUT2D eigenvalue weighted by Gasteiger charge is 2.16. The minimum absolute atomic E-state index is 0.148. The minimum Gasteiger partial charge on any atom is -0.497 e. The van der Waals surface area contributed by atoms with Crippen molar-refractivity contribution in [3.05, 3.63) is 84.1 Å². The molecule has 0 saturated carbocycles. The number of ether oxygens (including phenoxy) is 2. The van der Waals surface area contributed by atoms with Gasteiger partial charge in [-0.2, -0.15) is 0 Å². The van der Waals surface area contributed by atoms with E-state index >= 15 is 0 Å². The van der Waals surface area contributed by atoms with Crippen molar-refractivity contribution < 1.29 is 19.4 Å². The second kappa shape index (κ2) is 9.58. The van der Waals surface area contributed by atoms with Crippen LogP contribution < -0.4 is 14.8 Å². The Labute approximate surface area is 186 Å². The minimum atomic E-state index is -0.389. The second-order valence-corrected chi connectivity index (χ2v) is 7.56. The first-order valence-corrected chi connectivity index (χ1v) is 10.4. The predicted molar refractivity (Wildman–Crippen MR) is 125 cm³/mol. The Kier molecular flexibility index (Phi) is 6.42. The van der Waals surface area contributed by atoms with Crippen molar-refractivity contribution in [2.75, 3.05) is 20.8 Å². The molecule has 1 heterocycles. The number of aromatic amines is 1. The predicted octanol–water partition coefficient (Wildman–Crippen LogP) is 4.19.